The minimum absolute atomic E-state index is 0.649. The van der Waals surface area contributed by atoms with Crippen LogP contribution in [0.2, 0.25) is 0 Å². The Morgan fingerprint density at radius 3 is 1.60 bits per heavy atom. The number of aromatic nitrogens is 3. The summed E-state index contributed by atoms with van der Waals surface area (Å²) in [6.45, 7) is 0. The largest absolute Gasteiger partial charge is 0.208 e. The van der Waals surface area contributed by atoms with Gasteiger partial charge in [0.1, 0.15) is 0 Å². The summed E-state index contributed by atoms with van der Waals surface area (Å²) in [5, 5.41) is 4.80. The average Bonchev–Trinajstić information content (AvgIpc) is 3.53. The molecule has 0 aliphatic heterocycles. The number of thiophene rings is 1. The van der Waals surface area contributed by atoms with Crippen LogP contribution in [0.3, 0.4) is 0 Å². The molecule has 0 saturated heterocycles. The Morgan fingerprint density at radius 1 is 0.298 bits per heavy atom. The first-order valence-corrected chi connectivity index (χ1v) is 16.5. The Labute approximate surface area is 276 Å². The minimum atomic E-state index is 0.649. The molecule has 0 fully saturated rings. The van der Waals surface area contributed by atoms with E-state index in [4.69, 9.17) is 15.0 Å². The normalized spacial score (nSPS) is 11.4. The van der Waals surface area contributed by atoms with Crippen molar-refractivity contribution in [1.82, 2.24) is 15.0 Å². The van der Waals surface area contributed by atoms with E-state index < -0.39 is 0 Å². The smallest absolute Gasteiger partial charge is 0.164 e. The number of hydrogen-bond donors (Lipinski definition) is 0. The summed E-state index contributed by atoms with van der Waals surface area (Å²) < 4.78 is 2.50. The zero-order valence-corrected chi connectivity index (χ0v) is 26.2. The van der Waals surface area contributed by atoms with E-state index in [0.29, 0.717) is 17.5 Å². The minimum Gasteiger partial charge on any atom is -0.208 e. The standard InChI is InChI=1S/C43H27N3S/c1-3-12-28(13-4-1)30-16-11-17-31(26-30)41-44-42(32-22-23-37-36-20-9-10-21-39(36)47-40(37)27-32)46-43(45-41)38-25-24-33(29-14-5-2-6-15-29)34-18-7-8-19-35(34)38/h1-27H. The van der Waals surface area contributed by atoms with E-state index in [1.807, 2.05) is 6.07 Å². The van der Waals surface area contributed by atoms with Gasteiger partial charge in [-0.05, 0) is 57.3 Å². The number of fused-ring (bicyclic) bond motifs is 4. The molecule has 0 aliphatic rings. The molecule has 0 bridgehead atoms. The second kappa shape index (κ2) is 11.4. The van der Waals surface area contributed by atoms with Crippen molar-refractivity contribution in [3.05, 3.63) is 164 Å². The molecule has 0 radical (unpaired) electrons. The molecule has 220 valence electrons. The molecule has 0 saturated carbocycles. The molecule has 3 nitrogen and oxygen atoms in total. The highest BCUT2D eigenvalue weighted by Crippen LogP contribution is 2.38. The highest BCUT2D eigenvalue weighted by atomic mass is 32.1. The van der Waals surface area contributed by atoms with Gasteiger partial charge in [0.05, 0.1) is 0 Å². The maximum Gasteiger partial charge on any atom is 0.164 e. The molecule has 2 heterocycles. The van der Waals surface area contributed by atoms with E-state index in [1.54, 1.807) is 11.3 Å². The Hall–Kier alpha value is -5.97. The van der Waals surface area contributed by atoms with Crippen molar-refractivity contribution in [1.29, 1.82) is 0 Å². The molecule has 7 aromatic carbocycles. The molecule has 2 aromatic heterocycles. The molecule has 0 aliphatic carbocycles. The van der Waals surface area contributed by atoms with Gasteiger partial charge in [-0.15, -0.1) is 11.3 Å². The van der Waals surface area contributed by atoms with Gasteiger partial charge in [0.25, 0.3) is 0 Å². The fraction of sp³-hybridized carbons (Fsp3) is 0. The maximum atomic E-state index is 5.18. The maximum absolute atomic E-state index is 5.18. The lowest BCUT2D eigenvalue weighted by molar-refractivity contribution is 1.08. The van der Waals surface area contributed by atoms with E-state index in [0.717, 1.165) is 38.6 Å². The molecule has 0 N–H and O–H groups in total. The van der Waals surface area contributed by atoms with Crippen molar-refractivity contribution in [3.8, 4) is 56.4 Å². The molecule has 9 rings (SSSR count). The molecule has 0 amide bonds. The van der Waals surface area contributed by atoms with Crippen LogP contribution in [0, 0.1) is 0 Å². The summed E-state index contributed by atoms with van der Waals surface area (Å²) in [6.07, 6.45) is 0. The van der Waals surface area contributed by atoms with Crippen molar-refractivity contribution >= 4 is 42.3 Å². The third-order valence-electron chi connectivity index (χ3n) is 8.75. The molecule has 0 unspecified atom stereocenters. The lowest BCUT2D eigenvalue weighted by Gasteiger charge is -2.13. The van der Waals surface area contributed by atoms with E-state index in [9.17, 15) is 0 Å². The Morgan fingerprint density at radius 2 is 0.830 bits per heavy atom. The SMILES string of the molecule is c1ccc(-c2cccc(-c3nc(-c4ccc5c(c4)sc4ccccc45)nc(-c4ccc(-c5ccccc5)c5ccccc45)n3)c2)cc1. The summed E-state index contributed by atoms with van der Waals surface area (Å²) in [7, 11) is 0. The quantitative estimate of drug-likeness (QED) is 0.193. The third-order valence-corrected chi connectivity index (χ3v) is 9.88. The topological polar surface area (TPSA) is 38.7 Å². The molecular weight excluding hydrogens is 591 g/mol. The molecule has 0 spiro atoms. The van der Waals surface area contributed by atoms with Gasteiger partial charge in [-0.1, -0.05) is 140 Å². The summed E-state index contributed by atoms with van der Waals surface area (Å²) in [4.78, 5) is 15.5. The summed E-state index contributed by atoms with van der Waals surface area (Å²) >= 11 is 1.80. The first-order chi connectivity index (χ1) is 23.3. The first kappa shape index (κ1) is 27.3. The second-order valence-corrected chi connectivity index (χ2v) is 12.7. The zero-order valence-electron chi connectivity index (χ0n) is 25.3. The lowest BCUT2D eigenvalue weighted by atomic mass is 9.94. The van der Waals surface area contributed by atoms with Gasteiger partial charge in [0.15, 0.2) is 17.5 Å². The van der Waals surface area contributed by atoms with Crippen molar-refractivity contribution in [2.75, 3.05) is 0 Å². The lowest BCUT2D eigenvalue weighted by Crippen LogP contribution is -2.01. The molecule has 0 atom stereocenters. The Bertz CT molecular complexity index is 2570. The molecule has 47 heavy (non-hydrogen) atoms. The van der Waals surface area contributed by atoms with Crippen LogP contribution < -0.4 is 0 Å². The third kappa shape index (κ3) is 4.96. The van der Waals surface area contributed by atoms with Crippen LogP contribution in [-0.4, -0.2) is 15.0 Å². The molecule has 9 aromatic rings. The van der Waals surface area contributed by atoms with E-state index in [2.05, 4.69) is 158 Å². The second-order valence-electron chi connectivity index (χ2n) is 11.6. The van der Waals surface area contributed by atoms with Crippen LogP contribution in [0.4, 0.5) is 0 Å². The average molecular weight is 618 g/mol. The van der Waals surface area contributed by atoms with Crippen molar-refractivity contribution in [2.45, 2.75) is 0 Å². The highest BCUT2D eigenvalue weighted by molar-refractivity contribution is 7.25. The van der Waals surface area contributed by atoms with Crippen molar-refractivity contribution in [2.24, 2.45) is 0 Å². The Balaban J connectivity index is 1.26. The van der Waals surface area contributed by atoms with Crippen LogP contribution >= 0.6 is 11.3 Å². The predicted molar refractivity (Wildman–Crippen MR) is 197 cm³/mol. The van der Waals surface area contributed by atoms with Crippen LogP contribution in [0.25, 0.3) is 87.4 Å². The van der Waals surface area contributed by atoms with Gasteiger partial charge in [-0.2, -0.15) is 0 Å². The highest BCUT2D eigenvalue weighted by Gasteiger charge is 2.17. The first-order valence-electron chi connectivity index (χ1n) is 15.7. The van der Waals surface area contributed by atoms with Gasteiger partial charge in [0, 0.05) is 36.9 Å². The van der Waals surface area contributed by atoms with Crippen molar-refractivity contribution < 1.29 is 0 Å². The zero-order chi connectivity index (χ0) is 31.2. The summed E-state index contributed by atoms with van der Waals surface area (Å²) in [5.74, 6) is 1.96. The van der Waals surface area contributed by atoms with Crippen LogP contribution in [-0.2, 0) is 0 Å². The molecular formula is C43H27N3S. The number of nitrogens with zero attached hydrogens (tertiary/aromatic N) is 3. The van der Waals surface area contributed by atoms with Gasteiger partial charge >= 0.3 is 0 Å². The van der Waals surface area contributed by atoms with Gasteiger partial charge in [-0.25, -0.2) is 15.0 Å². The van der Waals surface area contributed by atoms with E-state index in [1.165, 1.54) is 31.3 Å². The van der Waals surface area contributed by atoms with Crippen LogP contribution in [0.15, 0.2) is 164 Å². The number of benzene rings is 7. The fourth-order valence-corrected chi connectivity index (χ4v) is 7.60. The Kier molecular flexibility index (Phi) is 6.65. The fourth-order valence-electron chi connectivity index (χ4n) is 6.45. The van der Waals surface area contributed by atoms with Crippen molar-refractivity contribution in [3.63, 3.8) is 0 Å². The monoisotopic (exact) mass is 617 g/mol. The number of hydrogen-bond acceptors (Lipinski definition) is 4. The van der Waals surface area contributed by atoms with E-state index >= 15 is 0 Å². The van der Waals surface area contributed by atoms with Gasteiger partial charge in [-0.3, -0.25) is 0 Å². The molecule has 4 heteroatoms. The number of rotatable bonds is 5. The van der Waals surface area contributed by atoms with E-state index in [-0.39, 0.29) is 0 Å². The summed E-state index contributed by atoms with van der Waals surface area (Å²) in [5.41, 5.74) is 7.54. The van der Waals surface area contributed by atoms with Gasteiger partial charge < -0.3 is 0 Å². The summed E-state index contributed by atoms with van der Waals surface area (Å²) in [6, 6.07) is 57.4. The van der Waals surface area contributed by atoms with Crippen LogP contribution in [0.5, 0.6) is 0 Å². The predicted octanol–water partition coefficient (Wildman–Crippen LogP) is 11.7. The van der Waals surface area contributed by atoms with Gasteiger partial charge in [0.2, 0.25) is 0 Å². The van der Waals surface area contributed by atoms with Crippen LogP contribution in [0.1, 0.15) is 0 Å².